The largest absolute Gasteiger partial charge is 0.496 e. The second-order valence-electron chi connectivity index (χ2n) is 4.98. The van der Waals surface area contributed by atoms with E-state index >= 15 is 0 Å². The molecule has 1 aromatic heterocycles. The first-order valence-electron chi connectivity index (χ1n) is 6.82. The van der Waals surface area contributed by atoms with Crippen LogP contribution in [0.1, 0.15) is 36.6 Å². The molecular formula is C15H26N2O2. The fourth-order valence-electron chi connectivity index (χ4n) is 2.42. The molecule has 0 saturated carbocycles. The lowest BCUT2D eigenvalue weighted by Gasteiger charge is -2.23. The second-order valence-corrected chi connectivity index (χ2v) is 4.98. The van der Waals surface area contributed by atoms with Crippen LogP contribution < -0.4 is 10.5 Å². The molecule has 2 unspecified atom stereocenters. The number of hydrogen-bond donors (Lipinski definition) is 1. The van der Waals surface area contributed by atoms with Crippen LogP contribution in [-0.2, 0) is 11.2 Å². The van der Waals surface area contributed by atoms with Crippen LogP contribution in [0, 0.1) is 13.8 Å². The zero-order valence-corrected chi connectivity index (χ0v) is 12.7. The number of ether oxygens (including phenoxy) is 2. The van der Waals surface area contributed by atoms with Crippen molar-refractivity contribution in [1.29, 1.82) is 0 Å². The summed E-state index contributed by atoms with van der Waals surface area (Å²) in [5.41, 5.74) is 9.36. The minimum Gasteiger partial charge on any atom is -0.496 e. The van der Waals surface area contributed by atoms with E-state index in [-0.39, 0.29) is 12.1 Å². The lowest BCUT2D eigenvalue weighted by Crippen LogP contribution is -2.38. The quantitative estimate of drug-likeness (QED) is 0.823. The Morgan fingerprint density at radius 3 is 2.53 bits per heavy atom. The van der Waals surface area contributed by atoms with Crippen molar-refractivity contribution in [2.75, 3.05) is 14.2 Å². The maximum Gasteiger partial charge on any atom is 0.128 e. The molecule has 2 N–H and O–H groups in total. The highest BCUT2D eigenvalue weighted by Crippen LogP contribution is 2.25. The van der Waals surface area contributed by atoms with Gasteiger partial charge in [-0.3, -0.25) is 4.98 Å². The summed E-state index contributed by atoms with van der Waals surface area (Å²) < 4.78 is 10.9. The van der Waals surface area contributed by atoms with Gasteiger partial charge in [0.15, 0.2) is 0 Å². The molecule has 1 heterocycles. The molecule has 0 aliphatic rings. The van der Waals surface area contributed by atoms with Crippen LogP contribution in [0.15, 0.2) is 6.20 Å². The van der Waals surface area contributed by atoms with E-state index < -0.39 is 0 Å². The first-order valence-corrected chi connectivity index (χ1v) is 6.82. The Kier molecular flexibility index (Phi) is 6.25. The van der Waals surface area contributed by atoms with E-state index in [1.54, 1.807) is 14.2 Å². The average Bonchev–Trinajstić information content (AvgIpc) is 2.39. The van der Waals surface area contributed by atoms with Crippen molar-refractivity contribution in [3.8, 4) is 5.75 Å². The standard InChI is InChI=1S/C15H26N2O2/c1-6-7-14(18-4)12(16)8-13-11(3)15(19-5)10(2)9-17-13/h9,12,14H,6-8,16H2,1-5H3. The highest BCUT2D eigenvalue weighted by atomic mass is 16.5. The smallest absolute Gasteiger partial charge is 0.128 e. The minimum atomic E-state index is -0.0384. The number of nitrogens with zero attached hydrogens (tertiary/aromatic N) is 1. The first kappa shape index (κ1) is 15.9. The summed E-state index contributed by atoms with van der Waals surface area (Å²) in [7, 11) is 3.41. The molecule has 0 aliphatic carbocycles. The number of aromatic nitrogens is 1. The van der Waals surface area contributed by atoms with Gasteiger partial charge in [0.2, 0.25) is 0 Å². The van der Waals surface area contributed by atoms with Gasteiger partial charge in [0.05, 0.1) is 13.2 Å². The lowest BCUT2D eigenvalue weighted by molar-refractivity contribution is 0.0723. The molecule has 2 atom stereocenters. The molecule has 0 amide bonds. The van der Waals surface area contributed by atoms with E-state index in [0.717, 1.165) is 35.4 Å². The molecule has 0 bridgehead atoms. The van der Waals surface area contributed by atoms with Crippen LogP contribution in [0.4, 0.5) is 0 Å². The monoisotopic (exact) mass is 266 g/mol. The van der Waals surface area contributed by atoms with Crippen molar-refractivity contribution < 1.29 is 9.47 Å². The highest BCUT2D eigenvalue weighted by molar-refractivity contribution is 5.41. The lowest BCUT2D eigenvalue weighted by atomic mass is 9.99. The first-order chi connectivity index (χ1) is 9.04. The van der Waals surface area contributed by atoms with Crippen molar-refractivity contribution >= 4 is 0 Å². The molecule has 4 nitrogen and oxygen atoms in total. The van der Waals surface area contributed by atoms with Crippen molar-refractivity contribution in [2.24, 2.45) is 5.73 Å². The Morgan fingerprint density at radius 1 is 1.32 bits per heavy atom. The van der Waals surface area contributed by atoms with Crippen LogP contribution >= 0.6 is 0 Å². The third kappa shape index (κ3) is 3.91. The van der Waals surface area contributed by atoms with Gasteiger partial charge in [-0.1, -0.05) is 13.3 Å². The molecule has 4 heteroatoms. The normalized spacial score (nSPS) is 14.2. The van der Waals surface area contributed by atoms with Crippen LogP contribution in [0.2, 0.25) is 0 Å². The highest BCUT2D eigenvalue weighted by Gasteiger charge is 2.19. The molecule has 1 rings (SSSR count). The summed E-state index contributed by atoms with van der Waals surface area (Å²) in [6, 6.07) is -0.0384. The van der Waals surface area contributed by atoms with E-state index in [9.17, 15) is 0 Å². The van der Waals surface area contributed by atoms with Crippen LogP contribution in [0.3, 0.4) is 0 Å². The van der Waals surface area contributed by atoms with Gasteiger partial charge in [0.1, 0.15) is 5.75 Å². The Hall–Kier alpha value is -1.13. The van der Waals surface area contributed by atoms with Gasteiger partial charge in [-0.15, -0.1) is 0 Å². The van der Waals surface area contributed by atoms with Crippen molar-refractivity contribution in [1.82, 2.24) is 4.98 Å². The summed E-state index contributed by atoms with van der Waals surface area (Å²) in [5.74, 6) is 0.904. The zero-order chi connectivity index (χ0) is 14.4. The molecule has 0 aliphatic heterocycles. The number of aryl methyl sites for hydroxylation is 1. The number of nitrogens with two attached hydrogens (primary N) is 1. The Morgan fingerprint density at radius 2 is 2.00 bits per heavy atom. The molecule has 0 fully saturated rings. The summed E-state index contributed by atoms with van der Waals surface area (Å²) in [6.07, 6.45) is 4.67. The van der Waals surface area contributed by atoms with Gasteiger partial charge in [0.25, 0.3) is 0 Å². The van der Waals surface area contributed by atoms with Gasteiger partial charge >= 0.3 is 0 Å². The molecule has 0 aromatic carbocycles. The van der Waals surface area contributed by atoms with E-state index in [1.807, 2.05) is 20.0 Å². The van der Waals surface area contributed by atoms with Gasteiger partial charge in [-0.05, 0) is 20.3 Å². The summed E-state index contributed by atoms with van der Waals surface area (Å²) in [4.78, 5) is 4.49. The van der Waals surface area contributed by atoms with E-state index in [2.05, 4.69) is 11.9 Å². The summed E-state index contributed by atoms with van der Waals surface area (Å²) >= 11 is 0. The van der Waals surface area contributed by atoms with Gasteiger partial charge in [0, 0.05) is 42.6 Å². The topological polar surface area (TPSA) is 57.4 Å². The summed E-state index contributed by atoms with van der Waals surface area (Å²) in [5, 5.41) is 0. The predicted octanol–water partition coefficient (Wildman–Crippen LogP) is 2.39. The molecule has 0 radical (unpaired) electrons. The van der Waals surface area contributed by atoms with Crippen molar-refractivity contribution in [3.63, 3.8) is 0 Å². The Labute approximate surface area is 116 Å². The maximum absolute atomic E-state index is 6.24. The SMILES string of the molecule is CCCC(OC)C(N)Cc1ncc(C)c(OC)c1C. The third-order valence-electron chi connectivity index (χ3n) is 3.53. The predicted molar refractivity (Wildman–Crippen MR) is 77.6 cm³/mol. The third-order valence-corrected chi connectivity index (χ3v) is 3.53. The van der Waals surface area contributed by atoms with Crippen LogP contribution in [0.25, 0.3) is 0 Å². The van der Waals surface area contributed by atoms with Gasteiger partial charge in [-0.2, -0.15) is 0 Å². The molecule has 0 saturated heterocycles. The molecule has 0 spiro atoms. The van der Waals surface area contributed by atoms with E-state index in [1.165, 1.54) is 0 Å². The number of pyridine rings is 1. The maximum atomic E-state index is 6.24. The van der Waals surface area contributed by atoms with Crippen LogP contribution in [0.5, 0.6) is 5.75 Å². The van der Waals surface area contributed by atoms with Gasteiger partial charge in [-0.25, -0.2) is 0 Å². The molecular weight excluding hydrogens is 240 g/mol. The second kappa shape index (κ2) is 7.46. The van der Waals surface area contributed by atoms with Gasteiger partial charge < -0.3 is 15.2 Å². The minimum absolute atomic E-state index is 0.0384. The number of methoxy groups -OCH3 is 2. The van der Waals surface area contributed by atoms with E-state index in [4.69, 9.17) is 15.2 Å². The Bertz CT molecular complexity index is 407. The van der Waals surface area contributed by atoms with E-state index in [0.29, 0.717) is 6.42 Å². The average molecular weight is 266 g/mol. The molecule has 19 heavy (non-hydrogen) atoms. The Balaban J connectivity index is 2.87. The summed E-state index contributed by atoms with van der Waals surface area (Å²) in [6.45, 7) is 6.16. The molecule has 1 aromatic rings. The van der Waals surface area contributed by atoms with Crippen molar-refractivity contribution in [2.45, 2.75) is 52.2 Å². The molecule has 108 valence electrons. The number of hydrogen-bond acceptors (Lipinski definition) is 4. The van der Waals surface area contributed by atoms with Crippen molar-refractivity contribution in [3.05, 3.63) is 23.0 Å². The zero-order valence-electron chi connectivity index (χ0n) is 12.7. The van der Waals surface area contributed by atoms with Crippen LogP contribution in [-0.4, -0.2) is 31.3 Å². The number of rotatable bonds is 7. The fraction of sp³-hybridized carbons (Fsp3) is 0.667. The fourth-order valence-corrected chi connectivity index (χ4v) is 2.42.